The molecule has 2 aromatic carbocycles. The fraction of sp³-hybridized carbons (Fsp3) is 0.286. The standard InChI is InChI=1S/C21H22N2O3/c1-12(2)20-19(14-5-7-17-18(11-14)26-9-8-25-17)21(23-22-20)15-10-13(3)4-6-16(15)24/h4-7,10-12,24H,8-9H2,1-3H3,(H,22,23). The number of fused-ring (bicyclic) bond motifs is 1. The highest BCUT2D eigenvalue weighted by molar-refractivity contribution is 5.86. The lowest BCUT2D eigenvalue weighted by atomic mass is 9.93. The SMILES string of the molecule is Cc1ccc(O)c(-c2n[nH]c(C(C)C)c2-c2ccc3c(c2)OCCO3)c1. The van der Waals surface area contributed by atoms with E-state index in [0.717, 1.165) is 45.1 Å². The quantitative estimate of drug-likeness (QED) is 0.721. The van der Waals surface area contributed by atoms with E-state index in [1.54, 1.807) is 6.07 Å². The molecule has 2 N–H and O–H groups in total. The lowest BCUT2D eigenvalue weighted by Crippen LogP contribution is -2.15. The molecule has 0 bridgehead atoms. The Bertz CT molecular complexity index is 960. The van der Waals surface area contributed by atoms with Gasteiger partial charge < -0.3 is 14.6 Å². The molecule has 1 aliphatic rings. The first-order valence-electron chi connectivity index (χ1n) is 8.83. The lowest BCUT2D eigenvalue weighted by Gasteiger charge is -2.19. The van der Waals surface area contributed by atoms with Crippen molar-refractivity contribution in [3.05, 3.63) is 47.7 Å². The summed E-state index contributed by atoms with van der Waals surface area (Å²) in [7, 11) is 0. The van der Waals surface area contributed by atoms with E-state index in [-0.39, 0.29) is 11.7 Å². The molecular weight excluding hydrogens is 328 g/mol. The van der Waals surface area contributed by atoms with Gasteiger partial charge in [0.25, 0.3) is 0 Å². The van der Waals surface area contributed by atoms with Gasteiger partial charge in [-0.25, -0.2) is 0 Å². The predicted octanol–water partition coefficient (Wildman–Crippen LogP) is 4.65. The highest BCUT2D eigenvalue weighted by Crippen LogP contribution is 2.42. The third-order valence-electron chi connectivity index (χ3n) is 4.61. The molecule has 0 unspecified atom stereocenters. The van der Waals surface area contributed by atoms with Gasteiger partial charge in [-0.15, -0.1) is 0 Å². The fourth-order valence-corrected chi connectivity index (χ4v) is 3.30. The van der Waals surface area contributed by atoms with Gasteiger partial charge in [-0.05, 0) is 42.7 Å². The van der Waals surface area contributed by atoms with E-state index in [2.05, 4.69) is 24.0 Å². The highest BCUT2D eigenvalue weighted by atomic mass is 16.6. The van der Waals surface area contributed by atoms with E-state index >= 15 is 0 Å². The third kappa shape index (κ3) is 2.79. The first-order valence-corrected chi connectivity index (χ1v) is 8.83. The summed E-state index contributed by atoms with van der Waals surface area (Å²) in [5, 5.41) is 18.1. The van der Waals surface area contributed by atoms with Crippen LogP contribution < -0.4 is 9.47 Å². The molecule has 0 amide bonds. The number of benzene rings is 2. The molecule has 4 rings (SSSR count). The molecule has 26 heavy (non-hydrogen) atoms. The van der Waals surface area contributed by atoms with Gasteiger partial charge in [0, 0.05) is 16.8 Å². The number of hydrogen-bond acceptors (Lipinski definition) is 4. The summed E-state index contributed by atoms with van der Waals surface area (Å²) in [6.45, 7) is 7.36. The van der Waals surface area contributed by atoms with Gasteiger partial charge >= 0.3 is 0 Å². The number of aromatic hydroxyl groups is 1. The van der Waals surface area contributed by atoms with Crippen LogP contribution in [-0.4, -0.2) is 28.5 Å². The van der Waals surface area contributed by atoms with E-state index in [4.69, 9.17) is 9.47 Å². The molecule has 0 aliphatic carbocycles. The van der Waals surface area contributed by atoms with Crippen molar-refractivity contribution >= 4 is 0 Å². The van der Waals surface area contributed by atoms with Crippen LogP contribution in [0.2, 0.25) is 0 Å². The van der Waals surface area contributed by atoms with Crippen LogP contribution in [0, 0.1) is 6.92 Å². The predicted molar refractivity (Wildman–Crippen MR) is 101 cm³/mol. The first kappa shape index (κ1) is 16.5. The summed E-state index contributed by atoms with van der Waals surface area (Å²) in [4.78, 5) is 0. The number of aromatic nitrogens is 2. The van der Waals surface area contributed by atoms with Gasteiger partial charge in [-0.3, -0.25) is 5.10 Å². The van der Waals surface area contributed by atoms with E-state index in [0.29, 0.717) is 13.2 Å². The van der Waals surface area contributed by atoms with Gasteiger partial charge in [-0.2, -0.15) is 5.10 Å². The summed E-state index contributed by atoms with van der Waals surface area (Å²) < 4.78 is 11.4. The van der Waals surface area contributed by atoms with Crippen molar-refractivity contribution in [2.75, 3.05) is 13.2 Å². The van der Waals surface area contributed by atoms with Gasteiger partial charge in [0.1, 0.15) is 24.7 Å². The van der Waals surface area contributed by atoms with Gasteiger partial charge in [0.05, 0.1) is 0 Å². The second-order valence-corrected chi connectivity index (χ2v) is 6.89. The molecule has 3 aromatic rings. The minimum Gasteiger partial charge on any atom is -0.507 e. The molecule has 134 valence electrons. The van der Waals surface area contributed by atoms with Crippen LogP contribution in [0.1, 0.15) is 31.0 Å². The summed E-state index contributed by atoms with van der Waals surface area (Å²) in [6, 6.07) is 11.5. The summed E-state index contributed by atoms with van der Waals surface area (Å²) in [6.07, 6.45) is 0. The maximum absolute atomic E-state index is 10.4. The number of phenolic OH excluding ortho intramolecular Hbond substituents is 1. The van der Waals surface area contributed by atoms with Crippen LogP contribution in [0.15, 0.2) is 36.4 Å². The van der Waals surface area contributed by atoms with E-state index in [1.165, 1.54) is 0 Å². The lowest BCUT2D eigenvalue weighted by molar-refractivity contribution is 0.171. The number of aryl methyl sites for hydroxylation is 1. The molecule has 0 saturated carbocycles. The zero-order valence-electron chi connectivity index (χ0n) is 15.2. The molecule has 0 radical (unpaired) electrons. The fourth-order valence-electron chi connectivity index (χ4n) is 3.30. The Kier molecular flexibility index (Phi) is 4.07. The maximum Gasteiger partial charge on any atom is 0.161 e. The van der Waals surface area contributed by atoms with Crippen molar-refractivity contribution in [2.24, 2.45) is 0 Å². The normalized spacial score (nSPS) is 13.2. The average molecular weight is 350 g/mol. The van der Waals surface area contributed by atoms with E-state index in [1.807, 2.05) is 37.3 Å². The second-order valence-electron chi connectivity index (χ2n) is 6.89. The largest absolute Gasteiger partial charge is 0.507 e. The topological polar surface area (TPSA) is 67.4 Å². The molecule has 5 heteroatoms. The van der Waals surface area contributed by atoms with Crippen LogP contribution in [0.4, 0.5) is 0 Å². The van der Waals surface area contributed by atoms with E-state index < -0.39 is 0 Å². The van der Waals surface area contributed by atoms with Gasteiger partial charge in [0.2, 0.25) is 0 Å². The van der Waals surface area contributed by atoms with Gasteiger partial charge in [0.15, 0.2) is 11.5 Å². The number of rotatable bonds is 3. The zero-order valence-corrected chi connectivity index (χ0v) is 15.2. The Balaban J connectivity index is 1.92. The van der Waals surface area contributed by atoms with Crippen LogP contribution in [0.5, 0.6) is 17.2 Å². The van der Waals surface area contributed by atoms with Crippen molar-refractivity contribution in [3.8, 4) is 39.6 Å². The Morgan fingerprint density at radius 3 is 2.58 bits per heavy atom. The Morgan fingerprint density at radius 1 is 1.04 bits per heavy atom. The van der Waals surface area contributed by atoms with Crippen LogP contribution in [0.3, 0.4) is 0 Å². The molecular formula is C21H22N2O3. The summed E-state index contributed by atoms with van der Waals surface area (Å²) in [5.74, 6) is 1.97. The summed E-state index contributed by atoms with van der Waals surface area (Å²) >= 11 is 0. The number of nitrogens with one attached hydrogen (secondary N) is 1. The highest BCUT2D eigenvalue weighted by Gasteiger charge is 2.22. The minimum absolute atomic E-state index is 0.219. The Labute approximate surface area is 152 Å². The molecule has 1 aliphatic heterocycles. The van der Waals surface area contributed by atoms with Crippen LogP contribution in [0.25, 0.3) is 22.4 Å². The van der Waals surface area contributed by atoms with E-state index in [9.17, 15) is 5.11 Å². The monoisotopic (exact) mass is 350 g/mol. The zero-order chi connectivity index (χ0) is 18.3. The van der Waals surface area contributed by atoms with Gasteiger partial charge in [-0.1, -0.05) is 31.5 Å². The molecule has 1 aromatic heterocycles. The van der Waals surface area contributed by atoms with Crippen molar-refractivity contribution in [1.29, 1.82) is 0 Å². The number of phenols is 1. The number of ether oxygens (including phenoxy) is 2. The number of hydrogen-bond donors (Lipinski definition) is 2. The number of H-pyrrole nitrogens is 1. The van der Waals surface area contributed by atoms with Crippen LogP contribution in [-0.2, 0) is 0 Å². The maximum atomic E-state index is 10.4. The molecule has 2 heterocycles. The molecule has 0 fully saturated rings. The van der Waals surface area contributed by atoms with Crippen molar-refractivity contribution in [1.82, 2.24) is 10.2 Å². The minimum atomic E-state index is 0.219. The average Bonchev–Trinajstić information content (AvgIpc) is 3.08. The van der Waals surface area contributed by atoms with Crippen molar-refractivity contribution in [3.63, 3.8) is 0 Å². The smallest absolute Gasteiger partial charge is 0.161 e. The van der Waals surface area contributed by atoms with Crippen molar-refractivity contribution in [2.45, 2.75) is 26.7 Å². The Hall–Kier alpha value is -2.95. The molecule has 5 nitrogen and oxygen atoms in total. The summed E-state index contributed by atoms with van der Waals surface area (Å²) in [5.41, 5.74) is 5.53. The first-order chi connectivity index (χ1) is 12.5. The second kappa shape index (κ2) is 6.41. The van der Waals surface area contributed by atoms with Crippen LogP contribution >= 0.6 is 0 Å². The third-order valence-corrected chi connectivity index (χ3v) is 4.61. The molecule has 0 atom stereocenters. The number of nitrogens with zero attached hydrogens (tertiary/aromatic N) is 1. The number of aromatic amines is 1. The Morgan fingerprint density at radius 2 is 1.81 bits per heavy atom. The van der Waals surface area contributed by atoms with Crippen molar-refractivity contribution < 1.29 is 14.6 Å². The molecule has 0 spiro atoms. The molecule has 0 saturated heterocycles.